The number of hydrogen-bond acceptors (Lipinski definition) is 2. The summed E-state index contributed by atoms with van der Waals surface area (Å²) in [5, 5.41) is 10.4. The van der Waals surface area contributed by atoms with Gasteiger partial charge in [0.25, 0.3) is 0 Å². The summed E-state index contributed by atoms with van der Waals surface area (Å²) in [5.74, 6) is 0.0907. The number of rotatable bonds is 3. The van der Waals surface area contributed by atoms with Gasteiger partial charge < -0.3 is 5.11 Å². The van der Waals surface area contributed by atoms with Crippen LogP contribution in [0.25, 0.3) is 0 Å². The molecule has 1 fully saturated rings. The molecule has 0 unspecified atom stereocenters. The highest BCUT2D eigenvalue weighted by molar-refractivity contribution is 5.93. The fourth-order valence-electron chi connectivity index (χ4n) is 2.62. The molecule has 0 spiro atoms. The van der Waals surface area contributed by atoms with E-state index >= 15 is 0 Å². The third kappa shape index (κ3) is 3.16. The van der Waals surface area contributed by atoms with Gasteiger partial charge in [-0.2, -0.15) is 0 Å². The smallest absolute Gasteiger partial charge is 0.159 e. The molecule has 0 aliphatic heterocycles. The Labute approximate surface area is 103 Å². The molecule has 0 saturated heterocycles. The molecule has 0 aromatic heterocycles. The van der Waals surface area contributed by atoms with Gasteiger partial charge in [-0.25, -0.2) is 0 Å². The van der Waals surface area contributed by atoms with E-state index in [1.165, 1.54) is 6.42 Å². The Bertz CT molecular complexity index is 386. The van der Waals surface area contributed by atoms with Crippen molar-refractivity contribution >= 4 is 5.78 Å². The highest BCUT2D eigenvalue weighted by Crippen LogP contribution is 2.31. The molecule has 92 valence electrons. The molecule has 1 N–H and O–H groups in total. The summed E-state index contributed by atoms with van der Waals surface area (Å²) in [6, 6.07) is 7.63. The second kappa shape index (κ2) is 5.01. The molecule has 2 nitrogen and oxygen atoms in total. The summed E-state index contributed by atoms with van der Waals surface area (Å²) in [4.78, 5) is 11.2. The van der Waals surface area contributed by atoms with Crippen LogP contribution in [0.2, 0.25) is 0 Å². The maximum absolute atomic E-state index is 11.2. The SMILES string of the molecule is CC(=O)c1ccc(CC2(O)CCCCC2)cc1. The van der Waals surface area contributed by atoms with Crippen LogP contribution in [0, 0.1) is 0 Å². The van der Waals surface area contributed by atoms with Gasteiger partial charge in [0.05, 0.1) is 5.60 Å². The van der Waals surface area contributed by atoms with Crippen molar-refractivity contribution < 1.29 is 9.90 Å². The van der Waals surface area contributed by atoms with Gasteiger partial charge >= 0.3 is 0 Å². The van der Waals surface area contributed by atoms with Crippen molar-refractivity contribution in [3.63, 3.8) is 0 Å². The first kappa shape index (κ1) is 12.3. The third-order valence-corrected chi connectivity index (χ3v) is 3.68. The molecule has 1 aliphatic rings. The van der Waals surface area contributed by atoms with E-state index in [0.29, 0.717) is 6.42 Å². The van der Waals surface area contributed by atoms with Crippen molar-refractivity contribution in [3.8, 4) is 0 Å². The summed E-state index contributed by atoms with van der Waals surface area (Å²) >= 11 is 0. The van der Waals surface area contributed by atoms with E-state index in [4.69, 9.17) is 0 Å². The number of carbonyl (C=O) groups excluding carboxylic acids is 1. The van der Waals surface area contributed by atoms with Crippen LogP contribution in [-0.4, -0.2) is 16.5 Å². The second-order valence-corrected chi connectivity index (χ2v) is 5.21. The van der Waals surface area contributed by atoms with E-state index in [2.05, 4.69) is 0 Å². The van der Waals surface area contributed by atoms with E-state index in [1.54, 1.807) is 6.92 Å². The van der Waals surface area contributed by atoms with Gasteiger partial charge in [0.15, 0.2) is 5.78 Å². The van der Waals surface area contributed by atoms with Crippen LogP contribution in [-0.2, 0) is 6.42 Å². The molecular formula is C15H20O2. The van der Waals surface area contributed by atoms with Crippen molar-refractivity contribution in [2.45, 2.75) is 51.0 Å². The van der Waals surface area contributed by atoms with Crippen LogP contribution in [0.15, 0.2) is 24.3 Å². The van der Waals surface area contributed by atoms with E-state index in [1.807, 2.05) is 24.3 Å². The number of carbonyl (C=O) groups is 1. The largest absolute Gasteiger partial charge is 0.390 e. The fraction of sp³-hybridized carbons (Fsp3) is 0.533. The predicted octanol–water partition coefficient (Wildman–Crippen LogP) is 3.13. The van der Waals surface area contributed by atoms with E-state index in [9.17, 15) is 9.90 Å². The first-order valence-electron chi connectivity index (χ1n) is 6.41. The first-order chi connectivity index (χ1) is 8.09. The van der Waals surface area contributed by atoms with Gasteiger partial charge in [-0.1, -0.05) is 43.5 Å². The molecule has 17 heavy (non-hydrogen) atoms. The fourth-order valence-corrected chi connectivity index (χ4v) is 2.62. The molecule has 1 saturated carbocycles. The summed E-state index contributed by atoms with van der Waals surface area (Å²) in [6.45, 7) is 1.57. The molecular weight excluding hydrogens is 212 g/mol. The summed E-state index contributed by atoms with van der Waals surface area (Å²) < 4.78 is 0. The second-order valence-electron chi connectivity index (χ2n) is 5.21. The molecule has 0 atom stereocenters. The van der Waals surface area contributed by atoms with Crippen molar-refractivity contribution in [2.75, 3.05) is 0 Å². The number of ketones is 1. The Hall–Kier alpha value is -1.15. The average Bonchev–Trinajstić information content (AvgIpc) is 2.30. The lowest BCUT2D eigenvalue weighted by Gasteiger charge is -2.32. The Balaban J connectivity index is 2.05. The topological polar surface area (TPSA) is 37.3 Å². The van der Waals surface area contributed by atoms with E-state index in [0.717, 1.165) is 36.8 Å². The normalized spacial score (nSPS) is 18.9. The number of Topliss-reactive ketones (excluding diaryl/α,β-unsaturated/α-hetero) is 1. The van der Waals surface area contributed by atoms with Gasteiger partial charge in [0, 0.05) is 12.0 Å². The standard InChI is InChI=1S/C15H20O2/c1-12(16)14-7-5-13(6-8-14)11-15(17)9-3-2-4-10-15/h5-8,17H,2-4,9-11H2,1H3. The Morgan fingerprint density at radius 1 is 1.18 bits per heavy atom. The van der Waals surface area contributed by atoms with E-state index in [-0.39, 0.29) is 5.78 Å². The summed E-state index contributed by atoms with van der Waals surface area (Å²) in [7, 11) is 0. The van der Waals surface area contributed by atoms with Crippen molar-refractivity contribution in [1.82, 2.24) is 0 Å². The maximum atomic E-state index is 11.2. The monoisotopic (exact) mass is 232 g/mol. The molecule has 0 radical (unpaired) electrons. The minimum Gasteiger partial charge on any atom is -0.390 e. The van der Waals surface area contributed by atoms with Gasteiger partial charge in [-0.15, -0.1) is 0 Å². The Morgan fingerprint density at radius 2 is 1.76 bits per heavy atom. The van der Waals surface area contributed by atoms with Crippen molar-refractivity contribution in [1.29, 1.82) is 0 Å². The van der Waals surface area contributed by atoms with Gasteiger partial charge in [-0.05, 0) is 25.3 Å². The average molecular weight is 232 g/mol. The summed E-state index contributed by atoms with van der Waals surface area (Å²) in [6.07, 6.45) is 6.02. The van der Waals surface area contributed by atoms with Gasteiger partial charge in [-0.3, -0.25) is 4.79 Å². The minimum atomic E-state index is -0.518. The van der Waals surface area contributed by atoms with Gasteiger partial charge in [0.1, 0.15) is 0 Å². The van der Waals surface area contributed by atoms with Crippen LogP contribution >= 0.6 is 0 Å². The lowest BCUT2D eigenvalue weighted by molar-refractivity contribution is 0.00449. The Kier molecular flexibility index (Phi) is 3.63. The van der Waals surface area contributed by atoms with Crippen molar-refractivity contribution in [3.05, 3.63) is 35.4 Å². The molecule has 2 rings (SSSR count). The molecule has 1 aromatic rings. The number of hydrogen-bond donors (Lipinski definition) is 1. The van der Waals surface area contributed by atoms with Crippen LogP contribution in [0.4, 0.5) is 0 Å². The maximum Gasteiger partial charge on any atom is 0.159 e. The molecule has 2 heteroatoms. The van der Waals surface area contributed by atoms with Gasteiger partial charge in [0.2, 0.25) is 0 Å². The molecule has 1 aliphatic carbocycles. The Morgan fingerprint density at radius 3 is 2.29 bits per heavy atom. The van der Waals surface area contributed by atoms with E-state index < -0.39 is 5.60 Å². The lowest BCUT2D eigenvalue weighted by atomic mass is 9.80. The highest BCUT2D eigenvalue weighted by Gasteiger charge is 2.29. The molecule has 0 amide bonds. The highest BCUT2D eigenvalue weighted by atomic mass is 16.3. The number of aliphatic hydroxyl groups is 1. The van der Waals surface area contributed by atoms with Crippen LogP contribution in [0.5, 0.6) is 0 Å². The predicted molar refractivity (Wildman–Crippen MR) is 68.2 cm³/mol. The molecule has 0 bridgehead atoms. The lowest BCUT2D eigenvalue weighted by Crippen LogP contribution is -2.33. The quantitative estimate of drug-likeness (QED) is 0.813. The first-order valence-corrected chi connectivity index (χ1v) is 6.41. The zero-order chi connectivity index (χ0) is 12.3. The van der Waals surface area contributed by atoms with Crippen molar-refractivity contribution in [2.24, 2.45) is 0 Å². The third-order valence-electron chi connectivity index (χ3n) is 3.68. The summed E-state index contributed by atoms with van der Waals surface area (Å²) in [5.41, 5.74) is 1.35. The minimum absolute atomic E-state index is 0.0907. The van der Waals surface area contributed by atoms with Crippen LogP contribution < -0.4 is 0 Å². The number of benzene rings is 1. The molecule has 0 heterocycles. The van der Waals surface area contributed by atoms with Crippen LogP contribution in [0.3, 0.4) is 0 Å². The van der Waals surface area contributed by atoms with Crippen LogP contribution in [0.1, 0.15) is 54.9 Å². The zero-order valence-corrected chi connectivity index (χ0v) is 10.4. The molecule has 1 aromatic carbocycles. The zero-order valence-electron chi connectivity index (χ0n) is 10.4.